The highest BCUT2D eigenvalue weighted by atomic mass is 16.1. The summed E-state index contributed by atoms with van der Waals surface area (Å²) in [5.41, 5.74) is 3.79. The van der Waals surface area contributed by atoms with Gasteiger partial charge in [0.1, 0.15) is 0 Å². The molecule has 1 N–H and O–H groups in total. The molecule has 0 bridgehead atoms. The van der Waals surface area contributed by atoms with Crippen LogP contribution >= 0.6 is 0 Å². The van der Waals surface area contributed by atoms with E-state index in [9.17, 15) is 9.59 Å². The first-order valence-electron chi connectivity index (χ1n) is 7.36. The Hall–Kier alpha value is -2.95. The maximum absolute atomic E-state index is 12.7. The standard InChI is InChI=1S/C18H17N3O2/c1-12-5-3-4-6-15(12)18(23)16-9-8-14(21(16)2)11-13-7-10-17(22)20-19-13/h3-10H,11H2,1-2H3,(H,20,22). The number of hydrogen-bond donors (Lipinski definition) is 1. The van der Waals surface area contributed by atoms with Crippen LogP contribution in [-0.4, -0.2) is 20.5 Å². The number of ketones is 1. The van der Waals surface area contributed by atoms with Gasteiger partial charge in [-0.15, -0.1) is 0 Å². The van der Waals surface area contributed by atoms with E-state index in [4.69, 9.17) is 0 Å². The molecule has 0 aliphatic rings. The molecule has 23 heavy (non-hydrogen) atoms. The smallest absolute Gasteiger partial charge is 0.264 e. The molecule has 0 saturated heterocycles. The molecule has 0 amide bonds. The van der Waals surface area contributed by atoms with Gasteiger partial charge in [0.05, 0.1) is 11.4 Å². The van der Waals surface area contributed by atoms with Gasteiger partial charge in [-0.2, -0.15) is 5.10 Å². The molecular formula is C18H17N3O2. The Morgan fingerprint density at radius 3 is 2.61 bits per heavy atom. The van der Waals surface area contributed by atoms with Crippen molar-refractivity contribution in [1.82, 2.24) is 14.8 Å². The summed E-state index contributed by atoms with van der Waals surface area (Å²) in [5, 5.41) is 6.43. The van der Waals surface area contributed by atoms with Crippen molar-refractivity contribution in [3.8, 4) is 0 Å². The van der Waals surface area contributed by atoms with Crippen LogP contribution in [0.15, 0.2) is 53.3 Å². The average molecular weight is 307 g/mol. The number of carbonyl (C=O) groups excluding carboxylic acids is 1. The van der Waals surface area contributed by atoms with Crippen LogP contribution in [0.3, 0.4) is 0 Å². The summed E-state index contributed by atoms with van der Waals surface area (Å²) in [7, 11) is 1.87. The number of aromatic nitrogens is 3. The Bertz CT molecular complexity index is 902. The van der Waals surface area contributed by atoms with Crippen LogP contribution in [-0.2, 0) is 13.5 Å². The van der Waals surface area contributed by atoms with Crippen molar-refractivity contribution in [2.24, 2.45) is 7.05 Å². The van der Waals surface area contributed by atoms with Gasteiger partial charge < -0.3 is 4.57 Å². The number of carbonyl (C=O) groups is 1. The van der Waals surface area contributed by atoms with Crippen molar-refractivity contribution in [3.05, 3.63) is 87.1 Å². The van der Waals surface area contributed by atoms with Crippen LogP contribution in [0.4, 0.5) is 0 Å². The highest BCUT2D eigenvalue weighted by Crippen LogP contribution is 2.17. The van der Waals surface area contributed by atoms with Crippen LogP contribution in [0, 0.1) is 6.92 Å². The van der Waals surface area contributed by atoms with Gasteiger partial charge >= 0.3 is 0 Å². The minimum atomic E-state index is -0.226. The summed E-state index contributed by atoms with van der Waals surface area (Å²) < 4.78 is 1.88. The van der Waals surface area contributed by atoms with Gasteiger partial charge in [0, 0.05) is 30.8 Å². The monoisotopic (exact) mass is 307 g/mol. The lowest BCUT2D eigenvalue weighted by atomic mass is 10.0. The lowest BCUT2D eigenvalue weighted by molar-refractivity contribution is 0.103. The summed E-state index contributed by atoms with van der Waals surface area (Å²) >= 11 is 0. The van der Waals surface area contributed by atoms with Crippen molar-refractivity contribution < 1.29 is 4.79 Å². The molecule has 0 spiro atoms. The van der Waals surface area contributed by atoms with E-state index in [-0.39, 0.29) is 11.3 Å². The molecular weight excluding hydrogens is 290 g/mol. The highest BCUT2D eigenvalue weighted by molar-refractivity contribution is 6.09. The summed E-state index contributed by atoms with van der Waals surface area (Å²) in [6.45, 7) is 1.93. The first kappa shape index (κ1) is 15.0. The molecule has 2 heterocycles. The SMILES string of the molecule is Cc1ccccc1C(=O)c1ccc(Cc2ccc(=O)[nH]n2)n1C. The van der Waals surface area contributed by atoms with Gasteiger partial charge in [-0.25, -0.2) is 5.10 Å². The van der Waals surface area contributed by atoms with Crippen LogP contribution in [0.25, 0.3) is 0 Å². The van der Waals surface area contributed by atoms with E-state index >= 15 is 0 Å². The van der Waals surface area contributed by atoms with Crippen molar-refractivity contribution in [1.29, 1.82) is 0 Å². The number of H-pyrrole nitrogens is 1. The van der Waals surface area contributed by atoms with Crippen molar-refractivity contribution in [3.63, 3.8) is 0 Å². The minimum absolute atomic E-state index is 0.00581. The number of aryl methyl sites for hydroxylation is 1. The van der Waals surface area contributed by atoms with E-state index in [2.05, 4.69) is 10.2 Å². The predicted octanol–water partition coefficient (Wildman–Crippen LogP) is 2.24. The predicted molar refractivity (Wildman–Crippen MR) is 87.7 cm³/mol. The lowest BCUT2D eigenvalue weighted by Gasteiger charge is -2.08. The first-order chi connectivity index (χ1) is 11.1. The number of nitrogens with one attached hydrogen (secondary N) is 1. The molecule has 0 fully saturated rings. The van der Waals surface area contributed by atoms with Crippen molar-refractivity contribution in [2.75, 3.05) is 0 Å². The molecule has 0 unspecified atom stereocenters. The average Bonchev–Trinajstić information content (AvgIpc) is 2.90. The Morgan fingerprint density at radius 2 is 1.91 bits per heavy atom. The summed E-state index contributed by atoms with van der Waals surface area (Å²) in [4.78, 5) is 23.8. The fourth-order valence-electron chi connectivity index (χ4n) is 2.58. The number of nitrogens with zero attached hydrogens (tertiary/aromatic N) is 2. The highest BCUT2D eigenvalue weighted by Gasteiger charge is 2.16. The summed E-state index contributed by atoms with van der Waals surface area (Å²) in [6, 6.07) is 14.4. The second-order valence-electron chi connectivity index (χ2n) is 5.50. The molecule has 3 rings (SSSR count). The first-order valence-corrected chi connectivity index (χ1v) is 7.36. The van der Waals surface area contributed by atoms with Crippen LogP contribution in [0.2, 0.25) is 0 Å². The fraction of sp³-hybridized carbons (Fsp3) is 0.167. The van der Waals surface area contributed by atoms with E-state index in [1.807, 2.05) is 54.9 Å². The zero-order valence-electron chi connectivity index (χ0n) is 13.0. The quantitative estimate of drug-likeness (QED) is 0.752. The third kappa shape index (κ3) is 2.99. The molecule has 0 aliphatic heterocycles. The second kappa shape index (κ2) is 6.04. The zero-order chi connectivity index (χ0) is 16.4. The molecule has 0 radical (unpaired) electrons. The van der Waals surface area contributed by atoms with Crippen molar-refractivity contribution in [2.45, 2.75) is 13.3 Å². The molecule has 0 atom stereocenters. The van der Waals surface area contributed by atoms with E-state index < -0.39 is 0 Å². The molecule has 0 saturated carbocycles. The second-order valence-corrected chi connectivity index (χ2v) is 5.50. The number of benzene rings is 1. The van der Waals surface area contributed by atoms with E-state index in [1.54, 1.807) is 6.07 Å². The van der Waals surface area contributed by atoms with Crippen LogP contribution in [0.1, 0.15) is 33.0 Å². The Balaban J connectivity index is 1.90. The summed E-state index contributed by atoms with van der Waals surface area (Å²) in [5.74, 6) is 0.00581. The Labute approximate surface area is 133 Å². The van der Waals surface area contributed by atoms with Gasteiger partial charge in [-0.3, -0.25) is 9.59 Å². The van der Waals surface area contributed by atoms with Gasteiger partial charge in [0.25, 0.3) is 5.56 Å². The molecule has 5 nitrogen and oxygen atoms in total. The molecule has 3 aromatic rings. The number of hydrogen-bond acceptors (Lipinski definition) is 3. The number of rotatable bonds is 4. The lowest BCUT2D eigenvalue weighted by Crippen LogP contribution is -2.12. The molecule has 5 heteroatoms. The van der Waals surface area contributed by atoms with Gasteiger partial charge in [0.15, 0.2) is 0 Å². The molecule has 2 aromatic heterocycles. The van der Waals surface area contributed by atoms with Gasteiger partial charge in [-0.05, 0) is 30.7 Å². The maximum Gasteiger partial charge on any atom is 0.264 e. The maximum atomic E-state index is 12.7. The normalized spacial score (nSPS) is 10.7. The van der Waals surface area contributed by atoms with E-state index in [0.29, 0.717) is 17.7 Å². The van der Waals surface area contributed by atoms with Gasteiger partial charge in [0.2, 0.25) is 5.78 Å². The third-order valence-electron chi connectivity index (χ3n) is 3.95. The molecule has 0 aliphatic carbocycles. The largest absolute Gasteiger partial charge is 0.345 e. The topological polar surface area (TPSA) is 67.8 Å². The van der Waals surface area contributed by atoms with Gasteiger partial charge in [-0.1, -0.05) is 24.3 Å². The van der Waals surface area contributed by atoms with E-state index in [0.717, 1.165) is 17.0 Å². The van der Waals surface area contributed by atoms with Crippen LogP contribution < -0.4 is 5.56 Å². The Kier molecular flexibility index (Phi) is 3.93. The third-order valence-corrected chi connectivity index (χ3v) is 3.95. The van der Waals surface area contributed by atoms with E-state index in [1.165, 1.54) is 6.07 Å². The molecule has 1 aromatic carbocycles. The Morgan fingerprint density at radius 1 is 1.13 bits per heavy atom. The minimum Gasteiger partial charge on any atom is -0.345 e. The zero-order valence-corrected chi connectivity index (χ0v) is 13.0. The fourth-order valence-corrected chi connectivity index (χ4v) is 2.58. The molecule has 116 valence electrons. The van der Waals surface area contributed by atoms with Crippen LogP contribution in [0.5, 0.6) is 0 Å². The summed E-state index contributed by atoms with van der Waals surface area (Å²) in [6.07, 6.45) is 0.550. The number of aromatic amines is 1. The van der Waals surface area contributed by atoms with Crippen molar-refractivity contribution >= 4 is 5.78 Å².